The summed E-state index contributed by atoms with van der Waals surface area (Å²) in [5, 5.41) is 10.3. The third kappa shape index (κ3) is 3.59. The minimum absolute atomic E-state index is 0.433. The minimum atomic E-state index is -0.856. The Morgan fingerprint density at radius 2 is 2.00 bits per heavy atom. The molecule has 0 aliphatic carbocycles. The van der Waals surface area contributed by atoms with Gasteiger partial charge in [0.15, 0.2) is 4.67 Å². The van der Waals surface area contributed by atoms with E-state index in [2.05, 4.69) is 15.9 Å². The molecule has 1 aromatic heterocycles. The van der Waals surface area contributed by atoms with Crippen LogP contribution in [0.4, 0.5) is 0 Å². The molecule has 2 aromatic rings. The number of aliphatic hydroxyl groups is 1. The number of halogens is 1. The van der Waals surface area contributed by atoms with E-state index < -0.39 is 6.10 Å². The lowest BCUT2D eigenvalue weighted by Crippen LogP contribution is -2.08. The first-order valence-electron chi connectivity index (χ1n) is 5.86. The quantitative estimate of drug-likeness (QED) is 0.828. The standard InChI is InChI=1S/C14H15BrO4/c1-17-8-9-18-11-5-3-2-4-10(11)14(16)12-6-7-13(15)19-12/h2-7,14,16H,8-9H2,1H3. The Morgan fingerprint density at radius 1 is 1.21 bits per heavy atom. The van der Waals surface area contributed by atoms with Crippen LogP contribution in [-0.4, -0.2) is 25.4 Å². The monoisotopic (exact) mass is 326 g/mol. The fourth-order valence-corrected chi connectivity index (χ4v) is 2.02. The summed E-state index contributed by atoms with van der Waals surface area (Å²) in [5.74, 6) is 1.09. The van der Waals surface area contributed by atoms with Gasteiger partial charge in [-0.05, 0) is 34.1 Å². The summed E-state index contributed by atoms with van der Waals surface area (Å²) in [7, 11) is 1.62. The van der Waals surface area contributed by atoms with Crippen LogP contribution >= 0.6 is 15.9 Å². The highest BCUT2D eigenvalue weighted by Crippen LogP contribution is 2.31. The summed E-state index contributed by atoms with van der Waals surface area (Å²) >= 11 is 3.22. The molecule has 0 saturated heterocycles. The molecule has 102 valence electrons. The summed E-state index contributed by atoms with van der Waals surface area (Å²) in [6.07, 6.45) is -0.856. The summed E-state index contributed by atoms with van der Waals surface area (Å²) < 4.78 is 16.5. The Balaban J connectivity index is 2.18. The number of hydrogen-bond acceptors (Lipinski definition) is 4. The molecular weight excluding hydrogens is 312 g/mol. The van der Waals surface area contributed by atoms with Crippen LogP contribution in [0.25, 0.3) is 0 Å². The maximum atomic E-state index is 10.3. The molecule has 1 unspecified atom stereocenters. The third-order valence-electron chi connectivity index (χ3n) is 2.62. The second kappa shape index (κ2) is 6.75. The smallest absolute Gasteiger partial charge is 0.169 e. The van der Waals surface area contributed by atoms with Gasteiger partial charge >= 0.3 is 0 Å². The molecule has 0 bridgehead atoms. The number of ether oxygens (including phenoxy) is 2. The van der Waals surface area contributed by atoms with Gasteiger partial charge in [0.2, 0.25) is 0 Å². The zero-order valence-corrected chi connectivity index (χ0v) is 12.1. The number of aliphatic hydroxyl groups excluding tert-OH is 1. The lowest BCUT2D eigenvalue weighted by Gasteiger charge is -2.14. The first-order chi connectivity index (χ1) is 9.22. The van der Waals surface area contributed by atoms with Gasteiger partial charge in [-0.2, -0.15) is 0 Å². The Labute approximate surface area is 120 Å². The van der Waals surface area contributed by atoms with E-state index in [1.54, 1.807) is 19.2 Å². The van der Waals surface area contributed by atoms with Crippen LogP contribution in [0.5, 0.6) is 5.75 Å². The molecule has 5 heteroatoms. The fourth-order valence-electron chi connectivity index (χ4n) is 1.70. The van der Waals surface area contributed by atoms with Crippen LogP contribution < -0.4 is 4.74 Å². The van der Waals surface area contributed by atoms with Crippen LogP contribution in [0, 0.1) is 0 Å². The van der Waals surface area contributed by atoms with Gasteiger partial charge in [-0.1, -0.05) is 18.2 Å². The molecule has 1 heterocycles. The first kappa shape index (κ1) is 14.1. The molecule has 1 N–H and O–H groups in total. The third-order valence-corrected chi connectivity index (χ3v) is 3.05. The van der Waals surface area contributed by atoms with Crippen molar-refractivity contribution < 1.29 is 19.0 Å². The van der Waals surface area contributed by atoms with Crippen molar-refractivity contribution in [2.24, 2.45) is 0 Å². The van der Waals surface area contributed by atoms with Crippen molar-refractivity contribution in [3.05, 3.63) is 52.4 Å². The van der Waals surface area contributed by atoms with Crippen LogP contribution in [0.3, 0.4) is 0 Å². The molecule has 0 saturated carbocycles. The predicted molar refractivity (Wildman–Crippen MR) is 74.3 cm³/mol. The lowest BCUT2D eigenvalue weighted by molar-refractivity contribution is 0.140. The van der Waals surface area contributed by atoms with E-state index in [1.165, 1.54) is 0 Å². The van der Waals surface area contributed by atoms with Gasteiger partial charge < -0.3 is 19.0 Å². The van der Waals surface area contributed by atoms with E-state index in [4.69, 9.17) is 13.9 Å². The topological polar surface area (TPSA) is 51.8 Å². The van der Waals surface area contributed by atoms with Gasteiger partial charge in [0.1, 0.15) is 24.2 Å². The van der Waals surface area contributed by atoms with E-state index >= 15 is 0 Å². The predicted octanol–water partition coefficient (Wildman–Crippen LogP) is 3.15. The highest BCUT2D eigenvalue weighted by atomic mass is 79.9. The zero-order chi connectivity index (χ0) is 13.7. The molecule has 0 amide bonds. The van der Waals surface area contributed by atoms with Crippen molar-refractivity contribution in [1.82, 2.24) is 0 Å². The van der Waals surface area contributed by atoms with Gasteiger partial charge in [-0.3, -0.25) is 0 Å². The molecule has 0 fully saturated rings. The number of methoxy groups -OCH3 is 1. The molecule has 4 nitrogen and oxygen atoms in total. The van der Waals surface area contributed by atoms with Crippen molar-refractivity contribution in [2.45, 2.75) is 6.10 Å². The highest BCUT2D eigenvalue weighted by Gasteiger charge is 2.18. The Hall–Kier alpha value is -1.30. The average Bonchev–Trinajstić information content (AvgIpc) is 2.85. The summed E-state index contributed by atoms with van der Waals surface area (Å²) in [6, 6.07) is 10.8. The second-order valence-corrected chi connectivity index (χ2v) is 4.71. The van der Waals surface area contributed by atoms with Crippen molar-refractivity contribution in [3.63, 3.8) is 0 Å². The molecule has 0 spiro atoms. The van der Waals surface area contributed by atoms with E-state index in [-0.39, 0.29) is 0 Å². The molecule has 0 radical (unpaired) electrons. The summed E-state index contributed by atoms with van der Waals surface area (Å²) in [4.78, 5) is 0. The number of benzene rings is 1. The summed E-state index contributed by atoms with van der Waals surface area (Å²) in [6.45, 7) is 0.929. The van der Waals surface area contributed by atoms with Crippen LogP contribution in [0.15, 0.2) is 45.5 Å². The van der Waals surface area contributed by atoms with Gasteiger partial charge in [0, 0.05) is 12.7 Å². The van der Waals surface area contributed by atoms with Gasteiger partial charge in [-0.25, -0.2) is 0 Å². The van der Waals surface area contributed by atoms with E-state index in [9.17, 15) is 5.11 Å². The van der Waals surface area contributed by atoms with Gasteiger partial charge in [-0.15, -0.1) is 0 Å². The van der Waals surface area contributed by atoms with Gasteiger partial charge in [0.05, 0.1) is 6.61 Å². The fraction of sp³-hybridized carbons (Fsp3) is 0.286. The highest BCUT2D eigenvalue weighted by molar-refractivity contribution is 9.10. The van der Waals surface area contributed by atoms with Gasteiger partial charge in [0.25, 0.3) is 0 Å². The normalized spacial score (nSPS) is 12.4. The SMILES string of the molecule is COCCOc1ccccc1C(O)c1ccc(Br)o1. The van der Waals surface area contributed by atoms with Crippen LogP contribution in [0.1, 0.15) is 17.4 Å². The van der Waals surface area contributed by atoms with Crippen molar-refractivity contribution in [3.8, 4) is 5.75 Å². The van der Waals surface area contributed by atoms with Crippen LogP contribution in [-0.2, 0) is 4.74 Å². The number of para-hydroxylation sites is 1. The minimum Gasteiger partial charge on any atom is -0.491 e. The Morgan fingerprint density at radius 3 is 2.68 bits per heavy atom. The van der Waals surface area contributed by atoms with Crippen LogP contribution in [0.2, 0.25) is 0 Å². The van der Waals surface area contributed by atoms with Crippen molar-refractivity contribution in [2.75, 3.05) is 20.3 Å². The van der Waals surface area contributed by atoms with E-state index in [1.807, 2.05) is 24.3 Å². The lowest BCUT2D eigenvalue weighted by atomic mass is 10.1. The number of rotatable bonds is 6. The van der Waals surface area contributed by atoms with Crippen molar-refractivity contribution in [1.29, 1.82) is 0 Å². The average molecular weight is 327 g/mol. The van der Waals surface area contributed by atoms with E-state index in [0.29, 0.717) is 35.0 Å². The largest absolute Gasteiger partial charge is 0.491 e. The number of hydrogen-bond donors (Lipinski definition) is 1. The van der Waals surface area contributed by atoms with Crippen molar-refractivity contribution >= 4 is 15.9 Å². The molecule has 0 aliphatic heterocycles. The Kier molecular flexibility index (Phi) is 5.01. The first-order valence-corrected chi connectivity index (χ1v) is 6.65. The second-order valence-electron chi connectivity index (χ2n) is 3.92. The zero-order valence-electron chi connectivity index (χ0n) is 10.5. The number of furan rings is 1. The molecule has 0 aliphatic rings. The maximum absolute atomic E-state index is 10.3. The molecule has 1 atom stereocenters. The molecule has 1 aromatic carbocycles. The Bertz CT molecular complexity index is 524. The molecule has 2 rings (SSSR count). The molecule has 19 heavy (non-hydrogen) atoms. The summed E-state index contributed by atoms with van der Waals surface area (Å²) in [5.41, 5.74) is 0.667. The molecular formula is C14H15BrO4. The maximum Gasteiger partial charge on any atom is 0.169 e. The van der Waals surface area contributed by atoms with E-state index in [0.717, 1.165) is 0 Å².